The number of benzene rings is 1. The number of unbranched alkanes of at least 4 members (excludes halogenated alkanes) is 3. The van der Waals surface area contributed by atoms with Gasteiger partial charge in [-0.05, 0) is 18.4 Å². The molecule has 6 nitrogen and oxygen atoms in total. The van der Waals surface area contributed by atoms with E-state index in [1.54, 1.807) is 11.7 Å². The molecule has 26 heavy (non-hydrogen) atoms. The molecule has 0 aliphatic carbocycles. The summed E-state index contributed by atoms with van der Waals surface area (Å²) in [5.41, 5.74) is 2.13. The molecule has 0 unspecified atom stereocenters. The molecule has 0 radical (unpaired) electrons. The van der Waals surface area contributed by atoms with Gasteiger partial charge in [0, 0.05) is 12.6 Å². The Hall–Kier alpha value is -2.76. The summed E-state index contributed by atoms with van der Waals surface area (Å²) in [7, 11) is 1.73. The standard InChI is InChI=1S/C20H24N4O2/c1-3-4-5-6-7-15-8-10-16(11-9-15)18(25)13-24-14-21-19-17(20(24)26)12-22-23(19)2/h8-12,14H,3-7,13H2,1-2H3. The van der Waals surface area contributed by atoms with E-state index in [1.165, 1.54) is 48.3 Å². The molecule has 6 heteroatoms. The van der Waals surface area contributed by atoms with Crippen LogP contribution in [0.2, 0.25) is 0 Å². The lowest BCUT2D eigenvalue weighted by atomic mass is 10.0. The molecule has 0 saturated carbocycles. The fraction of sp³-hybridized carbons (Fsp3) is 0.400. The largest absolute Gasteiger partial charge is 0.292 e. The number of carbonyl (C=O) groups is 1. The number of nitrogens with zero attached hydrogens (tertiary/aromatic N) is 4. The minimum absolute atomic E-state index is 0.0213. The highest BCUT2D eigenvalue weighted by Crippen LogP contribution is 2.11. The predicted octanol–water partition coefficient (Wildman–Crippen LogP) is 3.14. The number of hydrogen-bond donors (Lipinski definition) is 0. The van der Waals surface area contributed by atoms with Crippen LogP contribution in [0.4, 0.5) is 0 Å². The Bertz CT molecular complexity index is 954. The van der Waals surface area contributed by atoms with Gasteiger partial charge in [0.05, 0.1) is 12.7 Å². The smallest absolute Gasteiger partial charge is 0.264 e. The summed E-state index contributed by atoms with van der Waals surface area (Å²) < 4.78 is 2.88. The summed E-state index contributed by atoms with van der Waals surface area (Å²) >= 11 is 0. The Morgan fingerprint density at radius 3 is 2.62 bits per heavy atom. The van der Waals surface area contributed by atoms with E-state index < -0.39 is 0 Å². The van der Waals surface area contributed by atoms with Crippen LogP contribution in [0, 0.1) is 0 Å². The van der Waals surface area contributed by atoms with Crippen LogP contribution in [0.15, 0.2) is 41.6 Å². The molecule has 2 heterocycles. The first-order valence-electron chi connectivity index (χ1n) is 9.09. The zero-order valence-corrected chi connectivity index (χ0v) is 15.3. The molecule has 0 spiro atoms. The van der Waals surface area contributed by atoms with Crippen LogP contribution < -0.4 is 5.56 Å². The molecule has 1 aromatic carbocycles. The van der Waals surface area contributed by atoms with Crippen molar-refractivity contribution in [2.75, 3.05) is 0 Å². The summed E-state index contributed by atoms with van der Waals surface area (Å²) in [5.74, 6) is -0.102. The van der Waals surface area contributed by atoms with Gasteiger partial charge < -0.3 is 0 Å². The Kier molecular flexibility index (Phi) is 5.61. The molecule has 0 saturated heterocycles. The molecule has 0 bridgehead atoms. The Labute approximate surface area is 152 Å². The molecule has 0 atom stereocenters. The van der Waals surface area contributed by atoms with Crippen molar-refractivity contribution in [2.45, 2.75) is 45.6 Å². The molecule has 0 aliphatic rings. The van der Waals surface area contributed by atoms with Gasteiger partial charge in [-0.1, -0.05) is 50.5 Å². The van der Waals surface area contributed by atoms with Gasteiger partial charge >= 0.3 is 0 Å². The van der Waals surface area contributed by atoms with Crippen molar-refractivity contribution in [3.63, 3.8) is 0 Å². The Morgan fingerprint density at radius 2 is 1.88 bits per heavy atom. The number of Topliss-reactive ketones (excluding diaryl/α,β-unsaturated/α-hetero) is 1. The average Bonchev–Trinajstić information content (AvgIpc) is 3.03. The van der Waals surface area contributed by atoms with E-state index in [9.17, 15) is 9.59 Å². The maximum absolute atomic E-state index is 12.5. The second kappa shape index (κ2) is 8.08. The molecule has 0 N–H and O–H groups in total. The third kappa shape index (κ3) is 3.90. The van der Waals surface area contributed by atoms with Crippen LogP contribution >= 0.6 is 0 Å². The number of aromatic nitrogens is 4. The highest BCUT2D eigenvalue weighted by Gasteiger charge is 2.12. The van der Waals surface area contributed by atoms with Crippen molar-refractivity contribution >= 4 is 16.8 Å². The van der Waals surface area contributed by atoms with Gasteiger partial charge in [-0.25, -0.2) is 4.98 Å². The van der Waals surface area contributed by atoms with Crippen LogP contribution in [-0.4, -0.2) is 25.1 Å². The quantitative estimate of drug-likeness (QED) is 0.461. The van der Waals surface area contributed by atoms with Crippen LogP contribution in [0.25, 0.3) is 11.0 Å². The number of fused-ring (bicyclic) bond motifs is 1. The van der Waals surface area contributed by atoms with Crippen LogP contribution in [0.3, 0.4) is 0 Å². The SMILES string of the molecule is CCCCCCc1ccc(C(=O)Cn2cnc3c(cnn3C)c2=O)cc1. The van der Waals surface area contributed by atoms with Crippen molar-refractivity contribution in [1.29, 1.82) is 0 Å². The molecule has 136 valence electrons. The number of carbonyl (C=O) groups excluding carboxylic acids is 1. The minimum atomic E-state index is -0.246. The number of ketones is 1. The lowest BCUT2D eigenvalue weighted by Crippen LogP contribution is -2.24. The molecular formula is C20H24N4O2. The zero-order valence-electron chi connectivity index (χ0n) is 15.3. The van der Waals surface area contributed by atoms with Gasteiger partial charge in [-0.15, -0.1) is 0 Å². The normalized spacial score (nSPS) is 11.2. The van der Waals surface area contributed by atoms with Crippen LogP contribution in [-0.2, 0) is 20.0 Å². The van der Waals surface area contributed by atoms with E-state index >= 15 is 0 Å². The van der Waals surface area contributed by atoms with Gasteiger partial charge in [0.25, 0.3) is 5.56 Å². The van der Waals surface area contributed by atoms with Gasteiger partial charge in [0.1, 0.15) is 11.7 Å². The summed E-state index contributed by atoms with van der Waals surface area (Å²) in [5, 5.41) is 4.46. The lowest BCUT2D eigenvalue weighted by Gasteiger charge is -2.06. The van der Waals surface area contributed by atoms with Crippen LogP contribution in [0.5, 0.6) is 0 Å². The second-order valence-corrected chi connectivity index (χ2v) is 6.61. The average molecular weight is 352 g/mol. The molecule has 0 amide bonds. The number of hydrogen-bond acceptors (Lipinski definition) is 4. The van der Waals surface area contributed by atoms with Crippen LogP contribution in [0.1, 0.15) is 48.5 Å². The van der Waals surface area contributed by atoms with E-state index in [1.807, 2.05) is 24.3 Å². The summed E-state index contributed by atoms with van der Waals surface area (Å²) in [6, 6.07) is 7.70. The fourth-order valence-corrected chi connectivity index (χ4v) is 3.04. The van der Waals surface area contributed by atoms with Crippen molar-refractivity contribution in [3.8, 4) is 0 Å². The summed E-state index contributed by atoms with van der Waals surface area (Å²) in [6.07, 6.45) is 8.84. The summed E-state index contributed by atoms with van der Waals surface area (Å²) in [6.45, 7) is 2.18. The van der Waals surface area contributed by atoms with Crippen molar-refractivity contribution < 1.29 is 4.79 Å². The van der Waals surface area contributed by atoms with Gasteiger partial charge in [-0.3, -0.25) is 18.8 Å². The molecule has 3 rings (SSSR count). The zero-order chi connectivity index (χ0) is 18.5. The Morgan fingerprint density at radius 1 is 1.12 bits per heavy atom. The lowest BCUT2D eigenvalue weighted by molar-refractivity contribution is 0.0970. The van der Waals surface area contributed by atoms with Crippen molar-refractivity contribution in [2.24, 2.45) is 7.05 Å². The van der Waals surface area contributed by atoms with Crippen molar-refractivity contribution in [3.05, 3.63) is 58.3 Å². The molecule has 3 aromatic rings. The molecule has 2 aromatic heterocycles. The van der Waals surface area contributed by atoms with E-state index in [0.29, 0.717) is 16.6 Å². The Balaban J connectivity index is 1.68. The van der Waals surface area contributed by atoms with E-state index in [0.717, 1.165) is 6.42 Å². The van der Waals surface area contributed by atoms with E-state index in [2.05, 4.69) is 17.0 Å². The summed E-state index contributed by atoms with van der Waals surface area (Å²) in [4.78, 5) is 29.2. The maximum Gasteiger partial charge on any atom is 0.264 e. The molecule has 0 fully saturated rings. The second-order valence-electron chi connectivity index (χ2n) is 6.61. The minimum Gasteiger partial charge on any atom is -0.292 e. The van der Waals surface area contributed by atoms with E-state index in [4.69, 9.17) is 0 Å². The van der Waals surface area contributed by atoms with Crippen molar-refractivity contribution in [1.82, 2.24) is 19.3 Å². The third-order valence-corrected chi connectivity index (χ3v) is 4.63. The predicted molar refractivity (Wildman–Crippen MR) is 101 cm³/mol. The van der Waals surface area contributed by atoms with Gasteiger partial charge in [-0.2, -0.15) is 5.10 Å². The third-order valence-electron chi connectivity index (χ3n) is 4.63. The maximum atomic E-state index is 12.5. The highest BCUT2D eigenvalue weighted by molar-refractivity contribution is 5.96. The molecular weight excluding hydrogens is 328 g/mol. The first-order chi connectivity index (χ1) is 12.6. The monoisotopic (exact) mass is 352 g/mol. The van der Waals surface area contributed by atoms with E-state index in [-0.39, 0.29) is 17.9 Å². The highest BCUT2D eigenvalue weighted by atomic mass is 16.1. The first-order valence-corrected chi connectivity index (χ1v) is 9.09. The first kappa shape index (κ1) is 18.0. The fourth-order valence-electron chi connectivity index (χ4n) is 3.04. The number of rotatable bonds is 8. The number of aryl methyl sites for hydroxylation is 2. The topological polar surface area (TPSA) is 69.8 Å². The van der Waals surface area contributed by atoms with Gasteiger partial charge in [0.15, 0.2) is 11.4 Å². The van der Waals surface area contributed by atoms with Gasteiger partial charge in [0.2, 0.25) is 0 Å². The molecule has 0 aliphatic heterocycles.